The molecule has 7 nitrogen and oxygen atoms in total. The maximum Gasteiger partial charge on any atom is 0.186 e. The first kappa shape index (κ1) is 17.3. The van der Waals surface area contributed by atoms with Crippen LogP contribution in [0.25, 0.3) is 22.2 Å². The molecule has 0 atom stereocenters. The van der Waals surface area contributed by atoms with Crippen LogP contribution in [-0.4, -0.2) is 41.3 Å². The molecule has 1 aromatic carbocycles. The zero-order valence-corrected chi connectivity index (χ0v) is 15.2. The number of fused-ring (bicyclic) bond motifs is 1. The van der Waals surface area contributed by atoms with Gasteiger partial charge in [-0.3, -0.25) is 14.2 Å². The molecule has 0 fully saturated rings. The summed E-state index contributed by atoms with van der Waals surface area (Å²) in [6.45, 7) is 7.45. The number of aryl methyl sites for hydroxylation is 1. The molecule has 0 aliphatic rings. The van der Waals surface area contributed by atoms with E-state index in [1.54, 1.807) is 23.2 Å². The third-order valence-electron chi connectivity index (χ3n) is 3.94. The summed E-state index contributed by atoms with van der Waals surface area (Å²) < 4.78 is 3.34. The van der Waals surface area contributed by atoms with Gasteiger partial charge in [-0.05, 0) is 26.0 Å². The number of benzene rings is 1. The van der Waals surface area contributed by atoms with Crippen molar-refractivity contribution in [2.24, 2.45) is 13.0 Å². The lowest BCUT2D eigenvalue weighted by atomic mass is 10.0. The SMILES string of the molecule is CC(C)C(=O)c1nn(CC(C)(C)O)c2cc(-c3cn(C)nn3)ccc12. The Morgan fingerprint density at radius 1 is 1.32 bits per heavy atom. The van der Waals surface area contributed by atoms with E-state index in [1.807, 2.05) is 45.3 Å². The predicted molar refractivity (Wildman–Crippen MR) is 95.2 cm³/mol. The van der Waals surface area contributed by atoms with Crippen LogP contribution in [0.2, 0.25) is 0 Å². The van der Waals surface area contributed by atoms with E-state index >= 15 is 0 Å². The van der Waals surface area contributed by atoms with Crippen molar-refractivity contribution in [3.05, 3.63) is 30.1 Å². The molecule has 0 amide bonds. The molecule has 0 aliphatic heterocycles. The minimum Gasteiger partial charge on any atom is -0.389 e. The molecule has 0 saturated heterocycles. The Bertz CT molecular complexity index is 931. The second-order valence-corrected chi connectivity index (χ2v) is 7.35. The Labute approximate surface area is 146 Å². The Balaban J connectivity index is 2.19. The summed E-state index contributed by atoms with van der Waals surface area (Å²) in [6.07, 6.45) is 1.83. The molecule has 3 aromatic rings. The van der Waals surface area contributed by atoms with Gasteiger partial charge in [0.25, 0.3) is 0 Å². The summed E-state index contributed by atoms with van der Waals surface area (Å²) >= 11 is 0. The Morgan fingerprint density at radius 3 is 2.60 bits per heavy atom. The van der Waals surface area contributed by atoms with Crippen LogP contribution in [0.3, 0.4) is 0 Å². The molecule has 3 rings (SSSR count). The van der Waals surface area contributed by atoms with Crippen molar-refractivity contribution in [2.75, 3.05) is 0 Å². The summed E-state index contributed by atoms with van der Waals surface area (Å²) in [5, 5.41) is 23.6. The highest BCUT2D eigenvalue weighted by atomic mass is 16.3. The van der Waals surface area contributed by atoms with Gasteiger partial charge in [-0.25, -0.2) is 0 Å². The quantitative estimate of drug-likeness (QED) is 0.720. The molecular weight excluding hydrogens is 318 g/mol. The van der Waals surface area contributed by atoms with E-state index in [9.17, 15) is 9.90 Å². The first-order valence-corrected chi connectivity index (χ1v) is 8.29. The molecule has 0 saturated carbocycles. The maximum atomic E-state index is 12.5. The van der Waals surface area contributed by atoms with Crippen molar-refractivity contribution in [1.29, 1.82) is 0 Å². The average molecular weight is 341 g/mol. The maximum absolute atomic E-state index is 12.5. The minimum atomic E-state index is -0.945. The molecule has 132 valence electrons. The van der Waals surface area contributed by atoms with Gasteiger partial charge < -0.3 is 5.11 Å². The van der Waals surface area contributed by atoms with Crippen molar-refractivity contribution in [2.45, 2.75) is 39.8 Å². The molecule has 0 radical (unpaired) electrons. The van der Waals surface area contributed by atoms with Gasteiger partial charge in [-0.1, -0.05) is 25.1 Å². The molecule has 2 heterocycles. The topological polar surface area (TPSA) is 85.8 Å². The molecule has 1 N–H and O–H groups in total. The van der Waals surface area contributed by atoms with Gasteiger partial charge in [-0.2, -0.15) is 5.10 Å². The molecule has 0 unspecified atom stereocenters. The number of rotatable bonds is 5. The van der Waals surface area contributed by atoms with E-state index in [0.29, 0.717) is 12.2 Å². The highest BCUT2D eigenvalue weighted by molar-refractivity contribution is 6.07. The van der Waals surface area contributed by atoms with Crippen LogP contribution in [0.4, 0.5) is 0 Å². The van der Waals surface area contributed by atoms with Gasteiger partial charge in [0.1, 0.15) is 11.4 Å². The number of aliphatic hydroxyl groups is 1. The standard InChI is InChI=1S/C18H23N5O2/c1-11(2)17(24)16-13-7-6-12(14-9-22(5)21-19-14)8-15(13)23(20-16)10-18(3,4)25/h6-9,11,25H,10H2,1-5H3. The highest BCUT2D eigenvalue weighted by Crippen LogP contribution is 2.27. The molecule has 0 bridgehead atoms. The molecule has 7 heteroatoms. The molecule has 0 spiro atoms. The van der Waals surface area contributed by atoms with Crippen LogP contribution in [-0.2, 0) is 13.6 Å². The first-order valence-electron chi connectivity index (χ1n) is 8.29. The number of carbonyl (C=O) groups is 1. The summed E-state index contributed by atoms with van der Waals surface area (Å²) in [5.41, 5.74) is 1.94. The van der Waals surface area contributed by atoms with Crippen molar-refractivity contribution in [3.63, 3.8) is 0 Å². The van der Waals surface area contributed by atoms with E-state index in [2.05, 4.69) is 15.4 Å². The van der Waals surface area contributed by atoms with E-state index in [0.717, 1.165) is 22.2 Å². The number of ketones is 1. The predicted octanol–water partition coefficient (Wildman–Crippen LogP) is 2.44. The second kappa shape index (κ2) is 6.07. The van der Waals surface area contributed by atoms with E-state index in [1.165, 1.54) is 0 Å². The van der Waals surface area contributed by atoms with Gasteiger partial charge in [0.05, 0.1) is 23.9 Å². The highest BCUT2D eigenvalue weighted by Gasteiger charge is 2.23. The van der Waals surface area contributed by atoms with Crippen LogP contribution < -0.4 is 0 Å². The number of aromatic nitrogens is 5. The third-order valence-corrected chi connectivity index (χ3v) is 3.94. The van der Waals surface area contributed by atoms with Gasteiger partial charge in [0.2, 0.25) is 0 Å². The van der Waals surface area contributed by atoms with Crippen LogP contribution in [0, 0.1) is 5.92 Å². The lowest BCUT2D eigenvalue weighted by Gasteiger charge is -2.17. The molecular formula is C18H23N5O2. The molecule has 2 aromatic heterocycles. The number of hydrogen-bond acceptors (Lipinski definition) is 5. The molecule has 0 aliphatic carbocycles. The van der Waals surface area contributed by atoms with Gasteiger partial charge in [-0.15, -0.1) is 5.10 Å². The van der Waals surface area contributed by atoms with Gasteiger partial charge in [0.15, 0.2) is 5.78 Å². The van der Waals surface area contributed by atoms with Crippen LogP contribution >= 0.6 is 0 Å². The number of nitrogens with zero attached hydrogens (tertiary/aromatic N) is 5. The fourth-order valence-electron chi connectivity index (χ4n) is 2.76. The normalized spacial score (nSPS) is 12.3. The van der Waals surface area contributed by atoms with E-state index in [4.69, 9.17) is 0 Å². The number of Topliss-reactive ketones (excluding diaryl/α,β-unsaturated/α-hetero) is 1. The fourth-order valence-corrected chi connectivity index (χ4v) is 2.76. The Morgan fingerprint density at radius 2 is 2.04 bits per heavy atom. The zero-order chi connectivity index (χ0) is 18.4. The minimum absolute atomic E-state index is 0.00764. The second-order valence-electron chi connectivity index (χ2n) is 7.35. The lowest BCUT2D eigenvalue weighted by Crippen LogP contribution is -2.27. The summed E-state index contributed by atoms with van der Waals surface area (Å²) in [5.74, 6) is -0.153. The lowest BCUT2D eigenvalue weighted by molar-refractivity contribution is 0.0587. The summed E-state index contributed by atoms with van der Waals surface area (Å²) in [7, 11) is 1.81. The van der Waals surface area contributed by atoms with Crippen LogP contribution in [0.5, 0.6) is 0 Å². The fraction of sp³-hybridized carbons (Fsp3) is 0.444. The number of hydrogen-bond donors (Lipinski definition) is 1. The Kier molecular flexibility index (Phi) is 4.20. The third kappa shape index (κ3) is 3.46. The zero-order valence-electron chi connectivity index (χ0n) is 15.2. The Hall–Kier alpha value is -2.54. The number of carbonyl (C=O) groups excluding carboxylic acids is 1. The van der Waals surface area contributed by atoms with Crippen LogP contribution in [0.1, 0.15) is 38.2 Å². The van der Waals surface area contributed by atoms with Crippen molar-refractivity contribution >= 4 is 16.7 Å². The van der Waals surface area contributed by atoms with Crippen molar-refractivity contribution in [3.8, 4) is 11.3 Å². The monoisotopic (exact) mass is 341 g/mol. The summed E-state index contributed by atoms with van der Waals surface area (Å²) in [6, 6.07) is 5.75. The summed E-state index contributed by atoms with van der Waals surface area (Å²) in [4.78, 5) is 12.5. The van der Waals surface area contributed by atoms with E-state index in [-0.39, 0.29) is 11.7 Å². The van der Waals surface area contributed by atoms with E-state index < -0.39 is 5.60 Å². The average Bonchev–Trinajstić information content (AvgIpc) is 3.09. The first-order chi connectivity index (χ1) is 11.7. The van der Waals surface area contributed by atoms with Crippen molar-refractivity contribution in [1.82, 2.24) is 24.8 Å². The van der Waals surface area contributed by atoms with Crippen molar-refractivity contribution < 1.29 is 9.90 Å². The smallest absolute Gasteiger partial charge is 0.186 e. The van der Waals surface area contributed by atoms with Gasteiger partial charge in [0, 0.05) is 23.9 Å². The van der Waals surface area contributed by atoms with Crippen LogP contribution in [0.15, 0.2) is 24.4 Å². The largest absolute Gasteiger partial charge is 0.389 e. The molecule has 25 heavy (non-hydrogen) atoms. The van der Waals surface area contributed by atoms with Gasteiger partial charge >= 0.3 is 0 Å².